The van der Waals surface area contributed by atoms with Crippen molar-refractivity contribution < 1.29 is 18.3 Å². The van der Waals surface area contributed by atoms with Crippen LogP contribution in [0.2, 0.25) is 0 Å². The van der Waals surface area contributed by atoms with Gasteiger partial charge in [-0.15, -0.1) is 0 Å². The van der Waals surface area contributed by atoms with Gasteiger partial charge in [-0.1, -0.05) is 0 Å². The van der Waals surface area contributed by atoms with Crippen LogP contribution in [0.1, 0.15) is 36.2 Å². The molecule has 2 N–H and O–H groups in total. The zero-order chi connectivity index (χ0) is 17.6. The van der Waals surface area contributed by atoms with Crippen LogP contribution in [-0.4, -0.2) is 52.8 Å². The highest BCUT2D eigenvalue weighted by Crippen LogP contribution is 2.34. The highest BCUT2D eigenvalue weighted by molar-refractivity contribution is 6.05. The number of amides is 1. The zero-order valence-electron chi connectivity index (χ0n) is 13.8. The number of hydrogen-bond acceptors (Lipinski definition) is 4. The van der Waals surface area contributed by atoms with Crippen molar-refractivity contribution in [1.82, 2.24) is 20.4 Å². The summed E-state index contributed by atoms with van der Waals surface area (Å²) in [6.45, 7) is -2.89. The van der Waals surface area contributed by atoms with Crippen LogP contribution < -0.4 is 10.1 Å². The van der Waals surface area contributed by atoms with E-state index in [4.69, 9.17) is 0 Å². The number of fused-ring (bicyclic) bond motifs is 3. The van der Waals surface area contributed by atoms with E-state index < -0.39 is 6.61 Å². The van der Waals surface area contributed by atoms with Crippen LogP contribution in [0.4, 0.5) is 8.78 Å². The Labute approximate surface area is 143 Å². The minimum atomic E-state index is -2.89. The molecule has 0 radical (unpaired) electrons. The van der Waals surface area contributed by atoms with Crippen LogP contribution in [0.25, 0.3) is 10.9 Å². The third-order valence-electron chi connectivity index (χ3n) is 5.41. The third-order valence-corrected chi connectivity index (χ3v) is 5.41. The monoisotopic (exact) mass is 350 g/mol. The van der Waals surface area contributed by atoms with E-state index in [9.17, 15) is 13.6 Å². The van der Waals surface area contributed by atoms with Gasteiger partial charge in [-0.3, -0.25) is 9.89 Å². The van der Waals surface area contributed by atoms with Crippen molar-refractivity contribution in [3.8, 4) is 5.75 Å². The molecular weight excluding hydrogens is 330 g/mol. The number of piperidine rings is 1. The number of alkyl halides is 2. The molecule has 2 bridgehead atoms. The quantitative estimate of drug-likeness (QED) is 0.889. The average Bonchev–Trinajstić information content (AvgIpc) is 3.04. The Hall–Kier alpha value is -2.22. The van der Waals surface area contributed by atoms with Gasteiger partial charge < -0.3 is 15.0 Å². The number of aromatic nitrogens is 2. The first-order chi connectivity index (χ1) is 12.0. The molecule has 3 heterocycles. The van der Waals surface area contributed by atoms with Crippen LogP contribution in [0.15, 0.2) is 18.2 Å². The summed E-state index contributed by atoms with van der Waals surface area (Å²) in [7, 11) is 2.15. The highest BCUT2D eigenvalue weighted by Gasteiger charge is 2.39. The van der Waals surface area contributed by atoms with Gasteiger partial charge in [0.05, 0.1) is 5.52 Å². The average molecular weight is 350 g/mol. The standard InChI is InChI=1S/C17H20F2N4O2/c1-23-10-2-3-11(23)7-9(6-10)20-16(24)15-13-5-4-12(25-17(18)19)8-14(13)21-22-15/h4-5,8-11,17H,2-3,6-7H2,1H3,(H,20,24)(H,21,22). The number of benzene rings is 1. The number of carbonyl (C=O) groups is 1. The molecule has 2 saturated heterocycles. The minimum absolute atomic E-state index is 0.0324. The first-order valence-electron chi connectivity index (χ1n) is 8.47. The normalized spacial score (nSPS) is 26.3. The molecule has 134 valence electrons. The van der Waals surface area contributed by atoms with Crippen LogP contribution in [0.3, 0.4) is 0 Å². The molecular formula is C17H20F2N4O2. The Balaban J connectivity index is 1.49. The van der Waals surface area contributed by atoms with Crippen LogP contribution in [0.5, 0.6) is 5.75 Å². The van der Waals surface area contributed by atoms with Crippen molar-refractivity contribution >= 4 is 16.8 Å². The summed E-state index contributed by atoms with van der Waals surface area (Å²) in [5.74, 6) is -0.201. The van der Waals surface area contributed by atoms with Crippen molar-refractivity contribution in [3.63, 3.8) is 0 Å². The first kappa shape index (κ1) is 16.3. The molecule has 2 unspecified atom stereocenters. The molecule has 4 rings (SSSR count). The molecule has 25 heavy (non-hydrogen) atoms. The SMILES string of the molecule is CN1C2CCC1CC(NC(=O)c1n[nH]c3cc(OC(F)F)ccc13)C2. The Morgan fingerprint density at radius 1 is 1.36 bits per heavy atom. The van der Waals surface area contributed by atoms with E-state index in [-0.39, 0.29) is 23.4 Å². The maximum Gasteiger partial charge on any atom is 0.387 e. The number of ether oxygens (including phenoxy) is 1. The molecule has 8 heteroatoms. The molecule has 2 atom stereocenters. The van der Waals surface area contributed by atoms with Gasteiger partial charge in [0.1, 0.15) is 5.75 Å². The van der Waals surface area contributed by atoms with Gasteiger partial charge in [-0.25, -0.2) is 0 Å². The fourth-order valence-electron chi connectivity index (χ4n) is 4.13. The molecule has 2 fully saturated rings. The molecule has 2 aromatic rings. The molecule has 0 saturated carbocycles. The van der Waals surface area contributed by atoms with Crippen molar-refractivity contribution in [2.24, 2.45) is 0 Å². The summed E-state index contributed by atoms with van der Waals surface area (Å²) >= 11 is 0. The minimum Gasteiger partial charge on any atom is -0.435 e. The molecule has 2 aliphatic heterocycles. The van der Waals surface area contributed by atoms with E-state index in [1.807, 2.05) is 0 Å². The first-order valence-corrected chi connectivity index (χ1v) is 8.47. The summed E-state index contributed by atoms with van der Waals surface area (Å²) in [4.78, 5) is 15.0. The molecule has 0 spiro atoms. The summed E-state index contributed by atoms with van der Waals surface area (Å²) in [5.41, 5.74) is 0.775. The summed E-state index contributed by atoms with van der Waals surface area (Å²) < 4.78 is 29.0. The van der Waals surface area contributed by atoms with E-state index in [2.05, 4.69) is 32.2 Å². The van der Waals surface area contributed by atoms with Crippen LogP contribution >= 0.6 is 0 Å². The van der Waals surface area contributed by atoms with Gasteiger partial charge >= 0.3 is 6.61 Å². The third kappa shape index (κ3) is 3.06. The molecule has 0 aliphatic carbocycles. The smallest absolute Gasteiger partial charge is 0.387 e. The van der Waals surface area contributed by atoms with E-state index in [0.29, 0.717) is 23.0 Å². The Kier molecular flexibility index (Phi) is 4.07. The zero-order valence-corrected chi connectivity index (χ0v) is 13.8. The van der Waals surface area contributed by atoms with Crippen LogP contribution in [0, 0.1) is 0 Å². The van der Waals surface area contributed by atoms with Gasteiger partial charge in [0.25, 0.3) is 5.91 Å². The van der Waals surface area contributed by atoms with Gasteiger partial charge in [-0.05, 0) is 44.9 Å². The van der Waals surface area contributed by atoms with E-state index >= 15 is 0 Å². The fraction of sp³-hybridized carbons (Fsp3) is 0.529. The number of carbonyl (C=O) groups excluding carboxylic acids is 1. The van der Waals surface area contributed by atoms with Crippen molar-refractivity contribution in [2.45, 2.75) is 50.4 Å². The number of H-pyrrole nitrogens is 1. The lowest BCUT2D eigenvalue weighted by molar-refractivity contribution is -0.0497. The van der Waals surface area contributed by atoms with Gasteiger partial charge in [0.2, 0.25) is 0 Å². The molecule has 1 aromatic carbocycles. The van der Waals surface area contributed by atoms with E-state index in [1.54, 1.807) is 6.07 Å². The highest BCUT2D eigenvalue weighted by atomic mass is 19.3. The van der Waals surface area contributed by atoms with Gasteiger partial charge in [0.15, 0.2) is 5.69 Å². The topological polar surface area (TPSA) is 70.2 Å². The van der Waals surface area contributed by atoms with E-state index in [1.165, 1.54) is 25.0 Å². The van der Waals surface area contributed by atoms with Crippen molar-refractivity contribution in [1.29, 1.82) is 0 Å². The molecule has 1 amide bonds. The number of rotatable bonds is 4. The Morgan fingerprint density at radius 2 is 2.08 bits per heavy atom. The number of nitrogens with zero attached hydrogens (tertiary/aromatic N) is 2. The molecule has 6 nitrogen and oxygen atoms in total. The maximum absolute atomic E-state index is 12.6. The summed E-state index contributed by atoms with van der Waals surface area (Å²) in [6.07, 6.45) is 4.28. The number of hydrogen-bond donors (Lipinski definition) is 2. The van der Waals surface area contributed by atoms with Crippen molar-refractivity contribution in [3.05, 3.63) is 23.9 Å². The maximum atomic E-state index is 12.6. The van der Waals surface area contributed by atoms with Crippen LogP contribution in [-0.2, 0) is 0 Å². The second kappa shape index (κ2) is 6.25. The number of aromatic amines is 1. The predicted molar refractivity (Wildman–Crippen MR) is 87.8 cm³/mol. The lowest BCUT2D eigenvalue weighted by atomic mass is 9.98. The predicted octanol–water partition coefficient (Wildman–Crippen LogP) is 2.52. The lowest BCUT2D eigenvalue weighted by Gasteiger charge is -2.36. The Bertz CT molecular complexity index is 780. The summed E-state index contributed by atoms with van der Waals surface area (Å²) in [6, 6.07) is 5.62. The second-order valence-corrected chi connectivity index (χ2v) is 6.85. The largest absolute Gasteiger partial charge is 0.435 e. The molecule has 2 aliphatic rings. The Morgan fingerprint density at radius 3 is 2.76 bits per heavy atom. The second-order valence-electron chi connectivity index (χ2n) is 6.85. The van der Waals surface area contributed by atoms with Crippen molar-refractivity contribution in [2.75, 3.05) is 7.05 Å². The molecule has 1 aromatic heterocycles. The fourth-order valence-corrected chi connectivity index (χ4v) is 4.13. The number of halogens is 2. The lowest BCUT2D eigenvalue weighted by Crippen LogP contribution is -2.48. The summed E-state index contributed by atoms with van der Waals surface area (Å²) in [5, 5.41) is 10.4. The van der Waals surface area contributed by atoms with Gasteiger partial charge in [-0.2, -0.15) is 13.9 Å². The van der Waals surface area contributed by atoms with Gasteiger partial charge in [0, 0.05) is 29.6 Å². The number of nitrogens with one attached hydrogen (secondary N) is 2. The van der Waals surface area contributed by atoms with E-state index in [0.717, 1.165) is 12.8 Å².